The van der Waals surface area contributed by atoms with Crippen molar-refractivity contribution in [3.63, 3.8) is 0 Å². The van der Waals surface area contributed by atoms with E-state index < -0.39 is 0 Å². The average molecular weight is 379 g/mol. The van der Waals surface area contributed by atoms with Crippen molar-refractivity contribution < 1.29 is 9.90 Å². The van der Waals surface area contributed by atoms with Gasteiger partial charge in [0.15, 0.2) is 13.1 Å². The molecular formula is C20H26BN5O2. The first kappa shape index (κ1) is 18.7. The fourth-order valence-electron chi connectivity index (χ4n) is 4.54. The van der Waals surface area contributed by atoms with Gasteiger partial charge in [-0.1, -0.05) is 37.4 Å². The number of anilines is 3. The first-order valence-corrected chi connectivity index (χ1v) is 9.93. The predicted molar refractivity (Wildman–Crippen MR) is 112 cm³/mol. The van der Waals surface area contributed by atoms with Crippen molar-refractivity contribution in [3.8, 4) is 0 Å². The number of carbonyl (C=O) groups excluding carboxylic acids is 1. The third kappa shape index (κ3) is 3.56. The Kier molecular flexibility index (Phi) is 5.22. The number of nitrogens with one attached hydrogen (secondary N) is 2. The summed E-state index contributed by atoms with van der Waals surface area (Å²) in [5.41, 5.74) is 2.33. The van der Waals surface area contributed by atoms with Gasteiger partial charge in [-0.05, 0) is 31.4 Å². The minimum absolute atomic E-state index is 0.212. The number of amides is 1. The quantitative estimate of drug-likeness (QED) is 0.690. The van der Waals surface area contributed by atoms with E-state index in [-0.39, 0.29) is 12.5 Å². The lowest BCUT2D eigenvalue weighted by Gasteiger charge is -2.30. The van der Waals surface area contributed by atoms with E-state index in [4.69, 9.17) is 0 Å². The first-order valence-electron chi connectivity index (χ1n) is 9.93. The van der Waals surface area contributed by atoms with E-state index in [1.165, 1.54) is 0 Å². The van der Waals surface area contributed by atoms with Gasteiger partial charge >= 0.3 is 0 Å². The molecule has 1 saturated heterocycles. The molecule has 8 heteroatoms. The van der Waals surface area contributed by atoms with Crippen LogP contribution in [-0.2, 0) is 0 Å². The molecule has 4 rings (SSSR count). The molecule has 0 aliphatic carbocycles. The number of aliphatic hydroxyl groups excluding tert-OH is 1. The molecule has 3 heterocycles. The zero-order chi connectivity index (χ0) is 19.7. The summed E-state index contributed by atoms with van der Waals surface area (Å²) in [7, 11) is 1.08. The summed E-state index contributed by atoms with van der Waals surface area (Å²) < 4.78 is 0. The molecule has 1 fully saturated rings. The van der Waals surface area contributed by atoms with Crippen LogP contribution < -0.4 is 15.5 Å². The molecule has 3 N–H and O–H groups in total. The maximum absolute atomic E-state index is 12.5. The van der Waals surface area contributed by atoms with Crippen molar-refractivity contribution in [2.45, 2.75) is 38.4 Å². The van der Waals surface area contributed by atoms with Crippen LogP contribution in [-0.4, -0.2) is 47.5 Å². The SMILES string of the molecule is Cc1nc(NC(=O)c2ccccc2)nc2c1NCN2C1BC(C)CC1CCO. The average Bonchev–Trinajstić information content (AvgIpc) is 3.26. The summed E-state index contributed by atoms with van der Waals surface area (Å²) in [6.45, 7) is 5.09. The van der Waals surface area contributed by atoms with E-state index in [1.54, 1.807) is 12.1 Å². The monoisotopic (exact) mass is 379 g/mol. The van der Waals surface area contributed by atoms with Gasteiger partial charge in [0, 0.05) is 18.1 Å². The molecular weight excluding hydrogens is 353 g/mol. The number of carbonyl (C=O) groups is 1. The maximum Gasteiger partial charge on any atom is 0.258 e. The smallest absolute Gasteiger partial charge is 0.258 e. The molecule has 2 aliphatic heterocycles. The highest BCUT2D eigenvalue weighted by molar-refractivity contribution is 6.42. The van der Waals surface area contributed by atoms with Gasteiger partial charge < -0.3 is 15.3 Å². The van der Waals surface area contributed by atoms with Gasteiger partial charge in [0.25, 0.3) is 5.91 Å². The molecule has 0 bridgehead atoms. The van der Waals surface area contributed by atoms with E-state index in [0.29, 0.717) is 35.9 Å². The second-order valence-corrected chi connectivity index (χ2v) is 7.87. The Labute approximate surface area is 165 Å². The number of aromatic nitrogens is 2. The highest BCUT2D eigenvalue weighted by Gasteiger charge is 2.40. The Morgan fingerprint density at radius 1 is 1.36 bits per heavy atom. The van der Waals surface area contributed by atoms with Gasteiger partial charge in [-0.25, -0.2) is 4.98 Å². The highest BCUT2D eigenvalue weighted by atomic mass is 16.3. The van der Waals surface area contributed by atoms with Crippen molar-refractivity contribution in [3.05, 3.63) is 41.6 Å². The van der Waals surface area contributed by atoms with Crippen LogP contribution in [0.2, 0.25) is 5.82 Å². The number of aliphatic hydroxyl groups is 1. The van der Waals surface area contributed by atoms with Crippen LogP contribution in [0.4, 0.5) is 17.5 Å². The number of nitrogens with zero attached hydrogens (tertiary/aromatic N) is 3. The standard InChI is InChI=1S/C20H26BN5O2/c1-12-10-15(8-9-27)17(21-12)26-11-22-16-13(2)23-20(24-18(16)26)25-19(28)14-6-4-3-5-7-14/h3-7,12,15,17,21-22,27H,8-11H2,1-2H3,(H,23,24,25,28). The summed E-state index contributed by atoms with van der Waals surface area (Å²) in [5, 5.41) is 15.7. The Morgan fingerprint density at radius 2 is 2.14 bits per heavy atom. The summed E-state index contributed by atoms with van der Waals surface area (Å²) in [6, 6.07) is 9.07. The van der Waals surface area contributed by atoms with Crippen LogP contribution in [0.5, 0.6) is 0 Å². The Bertz CT molecular complexity index is 863. The van der Waals surface area contributed by atoms with Gasteiger partial charge in [-0.2, -0.15) is 4.98 Å². The molecule has 28 heavy (non-hydrogen) atoms. The molecule has 2 aromatic rings. The highest BCUT2D eigenvalue weighted by Crippen LogP contribution is 2.41. The van der Waals surface area contributed by atoms with Crippen LogP contribution in [0.25, 0.3) is 0 Å². The number of hydrogen-bond acceptors (Lipinski definition) is 6. The number of fused-ring (bicyclic) bond motifs is 1. The molecule has 3 atom stereocenters. The number of benzene rings is 1. The molecule has 0 radical (unpaired) electrons. The number of aryl methyl sites for hydroxylation is 1. The van der Waals surface area contributed by atoms with E-state index in [0.717, 1.165) is 37.3 Å². The summed E-state index contributed by atoms with van der Waals surface area (Å²) >= 11 is 0. The van der Waals surface area contributed by atoms with Crippen LogP contribution in [0.1, 0.15) is 35.8 Å². The van der Waals surface area contributed by atoms with E-state index in [9.17, 15) is 9.90 Å². The zero-order valence-electron chi connectivity index (χ0n) is 16.4. The third-order valence-corrected chi connectivity index (χ3v) is 5.82. The van der Waals surface area contributed by atoms with Gasteiger partial charge in [0.2, 0.25) is 5.95 Å². The lowest BCUT2D eigenvalue weighted by atomic mass is 9.63. The summed E-state index contributed by atoms with van der Waals surface area (Å²) in [6.07, 6.45) is 1.93. The predicted octanol–water partition coefficient (Wildman–Crippen LogP) is 2.20. The molecule has 7 nitrogen and oxygen atoms in total. The van der Waals surface area contributed by atoms with E-state index in [1.807, 2.05) is 25.1 Å². The Balaban J connectivity index is 1.60. The molecule has 0 spiro atoms. The van der Waals surface area contributed by atoms with Gasteiger partial charge in [0.05, 0.1) is 12.4 Å². The maximum atomic E-state index is 12.5. The summed E-state index contributed by atoms with van der Waals surface area (Å²) in [5.74, 6) is 2.37. The molecule has 1 amide bonds. The van der Waals surface area contributed by atoms with Crippen LogP contribution >= 0.6 is 0 Å². The van der Waals surface area contributed by atoms with E-state index >= 15 is 0 Å². The van der Waals surface area contributed by atoms with Gasteiger partial charge in [-0.3, -0.25) is 10.1 Å². The van der Waals surface area contributed by atoms with Crippen molar-refractivity contribution in [1.82, 2.24) is 9.97 Å². The van der Waals surface area contributed by atoms with Crippen molar-refractivity contribution in [2.75, 3.05) is 28.8 Å². The summed E-state index contributed by atoms with van der Waals surface area (Å²) in [4.78, 5) is 23.9. The molecule has 146 valence electrons. The van der Waals surface area contributed by atoms with Crippen molar-refractivity contribution >= 4 is 30.6 Å². The molecule has 3 unspecified atom stereocenters. The molecule has 1 aromatic carbocycles. The van der Waals surface area contributed by atoms with Crippen molar-refractivity contribution in [2.24, 2.45) is 5.92 Å². The number of rotatable bonds is 5. The minimum Gasteiger partial charge on any atom is -0.396 e. The van der Waals surface area contributed by atoms with Crippen LogP contribution in [0.3, 0.4) is 0 Å². The lowest BCUT2D eigenvalue weighted by Crippen LogP contribution is -2.42. The van der Waals surface area contributed by atoms with Gasteiger partial charge in [0.1, 0.15) is 5.69 Å². The third-order valence-electron chi connectivity index (χ3n) is 5.82. The fraction of sp³-hybridized carbons (Fsp3) is 0.450. The molecule has 1 aromatic heterocycles. The molecule has 0 saturated carbocycles. The molecule has 2 aliphatic rings. The normalized spacial score (nSPS) is 23.1. The van der Waals surface area contributed by atoms with Crippen LogP contribution in [0, 0.1) is 12.8 Å². The second kappa shape index (κ2) is 7.79. The minimum atomic E-state index is -0.217. The van der Waals surface area contributed by atoms with Crippen molar-refractivity contribution in [1.29, 1.82) is 0 Å². The Hall–Kier alpha value is -2.61. The van der Waals surface area contributed by atoms with E-state index in [2.05, 4.69) is 32.4 Å². The topological polar surface area (TPSA) is 90.4 Å². The lowest BCUT2D eigenvalue weighted by molar-refractivity contribution is 0.102. The Morgan fingerprint density at radius 3 is 2.89 bits per heavy atom. The van der Waals surface area contributed by atoms with Gasteiger partial charge in [-0.15, -0.1) is 0 Å². The van der Waals surface area contributed by atoms with Crippen LogP contribution in [0.15, 0.2) is 30.3 Å². The second-order valence-electron chi connectivity index (χ2n) is 7.87. The fourth-order valence-corrected chi connectivity index (χ4v) is 4.54. The first-order chi connectivity index (χ1) is 13.6. The largest absolute Gasteiger partial charge is 0.396 e. The number of hydrogen-bond donors (Lipinski definition) is 3. The zero-order valence-corrected chi connectivity index (χ0v) is 16.4.